The van der Waals surface area contributed by atoms with Crippen molar-refractivity contribution in [2.75, 3.05) is 5.73 Å². The summed E-state index contributed by atoms with van der Waals surface area (Å²) in [5.41, 5.74) is 8.05. The Kier molecular flexibility index (Phi) is 6.73. The molecule has 0 aliphatic heterocycles. The first kappa shape index (κ1) is 24.8. The van der Waals surface area contributed by atoms with E-state index in [2.05, 4.69) is 15.1 Å². The van der Waals surface area contributed by atoms with Gasteiger partial charge in [-0.1, -0.05) is 11.2 Å². The number of hydrogen-bond donors (Lipinski definition) is 2. The molecule has 12 heteroatoms. The van der Waals surface area contributed by atoms with Gasteiger partial charge in [0, 0.05) is 18.4 Å². The van der Waals surface area contributed by atoms with E-state index in [-0.39, 0.29) is 6.04 Å². The number of pyridine rings is 2. The normalized spacial score (nSPS) is 12.0. The van der Waals surface area contributed by atoms with Crippen LogP contribution in [0.2, 0.25) is 0 Å². The van der Waals surface area contributed by atoms with Gasteiger partial charge in [-0.05, 0) is 45.9 Å². The van der Waals surface area contributed by atoms with Crippen LogP contribution in [0.25, 0.3) is 33.5 Å². The maximum absolute atomic E-state index is 10.6. The van der Waals surface area contributed by atoms with E-state index >= 15 is 0 Å². The van der Waals surface area contributed by atoms with Crippen LogP contribution >= 0.6 is 0 Å². The minimum absolute atomic E-state index is 0.108. The van der Waals surface area contributed by atoms with Gasteiger partial charge in [0.2, 0.25) is 6.29 Å². The number of fused-ring (bicyclic) bond motifs is 1. The van der Waals surface area contributed by atoms with Gasteiger partial charge < -0.3 is 15.4 Å². The number of halogens is 3. The van der Waals surface area contributed by atoms with Crippen LogP contribution in [0.5, 0.6) is 0 Å². The van der Waals surface area contributed by atoms with E-state index in [0.29, 0.717) is 39.6 Å². The average molecular weight is 476 g/mol. The van der Waals surface area contributed by atoms with Crippen molar-refractivity contribution in [3.8, 4) is 22.6 Å². The summed E-state index contributed by atoms with van der Waals surface area (Å²) in [6.07, 6.45) is -2.36. The Morgan fingerprint density at radius 2 is 1.79 bits per heavy atom. The second-order valence-corrected chi connectivity index (χ2v) is 8.15. The van der Waals surface area contributed by atoms with Gasteiger partial charge in [0.25, 0.3) is 0 Å². The third kappa shape index (κ3) is 5.06. The van der Waals surface area contributed by atoms with E-state index in [4.69, 9.17) is 20.1 Å². The highest BCUT2D eigenvalue weighted by Crippen LogP contribution is 2.41. The Labute approximate surface area is 192 Å². The maximum Gasteiger partial charge on any atom is 0.446 e. The monoisotopic (exact) mass is 476 g/mol. The molecule has 0 atom stereocenters. The van der Waals surface area contributed by atoms with Gasteiger partial charge >= 0.3 is 6.18 Å². The number of alkyl halides is 3. The number of nitrogens with zero attached hydrogens (tertiary/aromatic N) is 5. The lowest BCUT2D eigenvalue weighted by Gasteiger charge is -2.15. The lowest BCUT2D eigenvalue weighted by atomic mass is 9.96. The van der Waals surface area contributed by atoms with E-state index in [1.807, 2.05) is 42.8 Å². The number of nitrogen functional groups attached to an aromatic ring is 1. The second kappa shape index (κ2) is 9.21. The summed E-state index contributed by atoms with van der Waals surface area (Å²) < 4.78 is 38.7. The van der Waals surface area contributed by atoms with Crippen molar-refractivity contribution < 1.29 is 27.6 Å². The first-order chi connectivity index (χ1) is 15.8. The summed E-state index contributed by atoms with van der Waals surface area (Å²) in [4.78, 5) is 17.4. The summed E-state index contributed by atoms with van der Waals surface area (Å²) in [5.74, 6) is 0.676. The number of hydrogen-bond acceptors (Lipinski definition) is 8. The molecule has 0 aromatic carbocycles. The number of anilines is 1. The van der Waals surface area contributed by atoms with Crippen LogP contribution in [0.15, 0.2) is 41.2 Å². The minimum Gasteiger partial charge on any atom is -0.383 e. The minimum atomic E-state index is -4.64. The Morgan fingerprint density at radius 3 is 2.32 bits per heavy atom. The summed E-state index contributed by atoms with van der Waals surface area (Å²) in [7, 11) is 0. The first-order valence-electron chi connectivity index (χ1n) is 10.1. The van der Waals surface area contributed by atoms with Crippen LogP contribution in [0.1, 0.15) is 39.5 Å². The van der Waals surface area contributed by atoms with Crippen molar-refractivity contribution in [1.29, 1.82) is 0 Å². The third-order valence-electron chi connectivity index (χ3n) is 4.67. The van der Waals surface area contributed by atoms with Crippen LogP contribution in [-0.2, 0) is 10.4 Å². The predicted molar refractivity (Wildman–Crippen MR) is 118 cm³/mol. The molecule has 0 aliphatic carbocycles. The van der Waals surface area contributed by atoms with Crippen LogP contribution in [0, 0.1) is 0 Å². The number of aliphatic hydroxyl groups is 1. The molecule has 0 saturated carbocycles. The summed E-state index contributed by atoms with van der Waals surface area (Å²) in [5, 5.41) is 20.4. The summed E-state index contributed by atoms with van der Waals surface area (Å²) >= 11 is 0. The molecular weight excluding hydrogens is 453 g/mol. The SMILES string of the molecule is CC(C)n1nc(-c2noc(C(C)(C)O)c2-c2ccccn2)c2c(N)nccc21.O=CC(F)(F)F. The molecule has 0 spiro atoms. The van der Waals surface area contributed by atoms with Gasteiger partial charge in [-0.2, -0.15) is 18.3 Å². The van der Waals surface area contributed by atoms with Gasteiger partial charge in [0.1, 0.15) is 22.8 Å². The molecule has 3 N–H and O–H groups in total. The van der Waals surface area contributed by atoms with E-state index < -0.39 is 18.1 Å². The number of nitrogens with two attached hydrogens (primary N) is 1. The van der Waals surface area contributed by atoms with E-state index in [0.717, 1.165) is 5.52 Å². The van der Waals surface area contributed by atoms with Crippen LogP contribution in [-0.4, -0.2) is 42.5 Å². The van der Waals surface area contributed by atoms with Crippen molar-refractivity contribution in [3.05, 3.63) is 42.4 Å². The molecule has 4 rings (SSSR count). The highest BCUT2D eigenvalue weighted by Gasteiger charge is 2.33. The van der Waals surface area contributed by atoms with Crippen molar-refractivity contribution in [2.24, 2.45) is 0 Å². The van der Waals surface area contributed by atoms with E-state index in [1.165, 1.54) is 0 Å². The van der Waals surface area contributed by atoms with Crippen molar-refractivity contribution in [1.82, 2.24) is 24.9 Å². The third-order valence-corrected chi connectivity index (χ3v) is 4.67. The zero-order valence-corrected chi connectivity index (χ0v) is 18.8. The second-order valence-electron chi connectivity index (χ2n) is 8.15. The quantitative estimate of drug-likeness (QED) is 0.417. The molecule has 0 bridgehead atoms. The van der Waals surface area contributed by atoms with E-state index in [1.54, 1.807) is 26.2 Å². The molecule has 9 nitrogen and oxygen atoms in total. The highest BCUT2D eigenvalue weighted by atomic mass is 19.4. The van der Waals surface area contributed by atoms with Crippen LogP contribution in [0.4, 0.5) is 19.0 Å². The molecule has 4 aromatic rings. The Hall–Kier alpha value is -3.80. The number of aldehydes is 1. The Balaban J connectivity index is 0.000000481. The molecular formula is C22H23F3N6O3. The fourth-order valence-electron chi connectivity index (χ4n) is 3.29. The van der Waals surface area contributed by atoms with Gasteiger partial charge in [-0.25, -0.2) is 4.98 Å². The number of aromatic nitrogens is 5. The molecule has 4 heterocycles. The topological polar surface area (TPSA) is 133 Å². The Bertz CT molecular complexity index is 1290. The zero-order chi connectivity index (χ0) is 25.3. The lowest BCUT2D eigenvalue weighted by molar-refractivity contribution is -0.156. The van der Waals surface area contributed by atoms with Gasteiger partial charge in [0.15, 0.2) is 5.76 Å². The fourth-order valence-corrected chi connectivity index (χ4v) is 3.29. The smallest absolute Gasteiger partial charge is 0.383 e. The highest BCUT2D eigenvalue weighted by molar-refractivity contribution is 6.02. The van der Waals surface area contributed by atoms with Crippen molar-refractivity contribution >= 4 is 23.0 Å². The summed E-state index contributed by atoms with van der Waals surface area (Å²) in [6, 6.07) is 7.52. The fraction of sp³-hybridized carbons (Fsp3) is 0.318. The lowest BCUT2D eigenvalue weighted by Crippen LogP contribution is -2.15. The van der Waals surface area contributed by atoms with Gasteiger partial charge in [0.05, 0.1) is 22.2 Å². The average Bonchev–Trinajstić information content (AvgIpc) is 3.37. The van der Waals surface area contributed by atoms with Crippen molar-refractivity contribution in [3.63, 3.8) is 0 Å². The first-order valence-corrected chi connectivity index (χ1v) is 10.1. The van der Waals surface area contributed by atoms with Gasteiger partial charge in [-0.3, -0.25) is 14.5 Å². The number of rotatable bonds is 4. The maximum atomic E-state index is 10.6. The van der Waals surface area contributed by atoms with Crippen LogP contribution < -0.4 is 5.73 Å². The number of carbonyl (C=O) groups is 1. The number of carbonyl (C=O) groups excluding carboxylic acids is 1. The molecule has 0 aliphatic rings. The largest absolute Gasteiger partial charge is 0.446 e. The predicted octanol–water partition coefficient (Wildman–Crippen LogP) is 4.29. The molecule has 0 amide bonds. The molecule has 34 heavy (non-hydrogen) atoms. The molecule has 0 fully saturated rings. The van der Waals surface area contributed by atoms with Crippen LogP contribution in [0.3, 0.4) is 0 Å². The Morgan fingerprint density at radius 1 is 1.12 bits per heavy atom. The molecule has 0 saturated heterocycles. The van der Waals surface area contributed by atoms with Crippen molar-refractivity contribution in [2.45, 2.75) is 45.5 Å². The van der Waals surface area contributed by atoms with E-state index in [9.17, 15) is 18.3 Å². The molecule has 0 unspecified atom stereocenters. The molecule has 4 aromatic heterocycles. The van der Waals surface area contributed by atoms with Gasteiger partial charge in [-0.15, -0.1) is 0 Å². The molecule has 0 radical (unpaired) electrons. The summed E-state index contributed by atoms with van der Waals surface area (Å²) in [6.45, 7) is 7.37. The standard InChI is InChI=1S/C20H22N6O2.C2HF3O/c1-11(2)26-13-8-10-23-19(21)15(13)16(24-26)17-14(12-7-5-6-9-22-12)18(28-25-17)20(3,4)27;3-2(4,5)1-6/h5-11,27H,1-4H3,(H2,21,23);1H. The zero-order valence-electron chi connectivity index (χ0n) is 18.8. The molecule has 180 valence electrons.